The zero-order chi connectivity index (χ0) is 19.3. The zero-order valence-corrected chi connectivity index (χ0v) is 17.0. The molecule has 2 atom stereocenters. The van der Waals surface area contributed by atoms with Gasteiger partial charge in [0, 0.05) is 37.4 Å². The molecule has 0 spiro atoms. The molecule has 2 unspecified atom stereocenters. The molecule has 1 N–H and O–H groups in total. The van der Waals surface area contributed by atoms with Gasteiger partial charge >= 0.3 is 0 Å². The minimum atomic E-state index is -0.0932. The van der Waals surface area contributed by atoms with Crippen molar-refractivity contribution in [2.45, 2.75) is 38.4 Å². The fraction of sp³-hybridized carbons (Fsp3) is 0.522. The predicted octanol–water partition coefficient (Wildman–Crippen LogP) is 2.13. The summed E-state index contributed by atoms with van der Waals surface area (Å²) in [6.45, 7) is 7.04. The van der Waals surface area contributed by atoms with Crippen LogP contribution in [0, 0.1) is 0 Å². The van der Waals surface area contributed by atoms with Gasteiger partial charge in [0.1, 0.15) is 12.2 Å². The van der Waals surface area contributed by atoms with E-state index >= 15 is 0 Å². The van der Waals surface area contributed by atoms with E-state index in [2.05, 4.69) is 40.6 Å². The molecule has 0 radical (unpaired) electrons. The van der Waals surface area contributed by atoms with Gasteiger partial charge in [-0.05, 0) is 57.5 Å². The van der Waals surface area contributed by atoms with E-state index in [1.807, 2.05) is 20.0 Å². The number of aromatic nitrogens is 1. The molecule has 0 bridgehead atoms. The van der Waals surface area contributed by atoms with Crippen LogP contribution in [0.5, 0.6) is 0 Å². The monoisotopic (exact) mass is 381 g/mol. The summed E-state index contributed by atoms with van der Waals surface area (Å²) in [5.74, 6) is 0. The normalized spacial score (nSPS) is 21.9. The molecular formula is C23H31N3O2. The maximum Gasteiger partial charge on any atom is 0.108 e. The number of rotatable bonds is 8. The molecule has 1 aliphatic heterocycles. The summed E-state index contributed by atoms with van der Waals surface area (Å²) in [6, 6.07) is 8.25. The Balaban J connectivity index is 1.58. The van der Waals surface area contributed by atoms with Crippen molar-refractivity contribution in [2.75, 3.05) is 45.2 Å². The molecule has 2 aliphatic rings. The molecule has 1 saturated heterocycles. The van der Waals surface area contributed by atoms with Crippen LogP contribution in [-0.2, 0) is 9.47 Å². The number of hydrogen-bond acceptors (Lipinski definition) is 5. The lowest BCUT2D eigenvalue weighted by molar-refractivity contribution is -0.0135. The van der Waals surface area contributed by atoms with Crippen LogP contribution in [0.1, 0.15) is 26.2 Å². The summed E-state index contributed by atoms with van der Waals surface area (Å²) >= 11 is 0. The van der Waals surface area contributed by atoms with E-state index < -0.39 is 0 Å². The van der Waals surface area contributed by atoms with Crippen molar-refractivity contribution in [3.8, 4) is 0 Å². The lowest BCUT2D eigenvalue weighted by atomic mass is 10.0. The van der Waals surface area contributed by atoms with Gasteiger partial charge in [-0.3, -0.25) is 0 Å². The molecule has 1 aliphatic carbocycles. The molecule has 28 heavy (non-hydrogen) atoms. The molecule has 1 fully saturated rings. The van der Waals surface area contributed by atoms with Crippen molar-refractivity contribution in [1.82, 2.24) is 9.88 Å². The minimum absolute atomic E-state index is 0.0839. The Kier molecular flexibility index (Phi) is 6.25. The average Bonchev–Trinajstić information content (AvgIpc) is 3.23. The average molecular weight is 382 g/mol. The number of hydrogen-bond donors (Lipinski definition) is 1. The maximum absolute atomic E-state index is 6.25. The topological polar surface area (TPSA) is 46.6 Å². The smallest absolute Gasteiger partial charge is 0.108 e. The predicted molar refractivity (Wildman–Crippen MR) is 115 cm³/mol. The fourth-order valence-corrected chi connectivity index (χ4v) is 4.31. The molecule has 5 nitrogen and oxygen atoms in total. The fourth-order valence-electron chi connectivity index (χ4n) is 4.31. The Labute approximate surface area is 167 Å². The summed E-state index contributed by atoms with van der Waals surface area (Å²) in [6.07, 6.45) is 7.87. The molecular weight excluding hydrogens is 350 g/mol. The Morgan fingerprint density at radius 3 is 2.68 bits per heavy atom. The maximum atomic E-state index is 6.25. The van der Waals surface area contributed by atoms with Gasteiger partial charge in [0.2, 0.25) is 0 Å². The summed E-state index contributed by atoms with van der Waals surface area (Å²) in [5.41, 5.74) is 2.10. The summed E-state index contributed by atoms with van der Waals surface area (Å²) < 4.78 is 12.3. The van der Waals surface area contributed by atoms with Gasteiger partial charge in [0.15, 0.2) is 0 Å². The largest absolute Gasteiger partial charge is 0.387 e. The second kappa shape index (κ2) is 9.03. The highest BCUT2D eigenvalue weighted by Gasteiger charge is 2.23. The van der Waals surface area contributed by atoms with E-state index in [0.717, 1.165) is 46.7 Å². The molecule has 1 aromatic carbocycles. The van der Waals surface area contributed by atoms with Crippen LogP contribution in [0.2, 0.25) is 0 Å². The van der Waals surface area contributed by atoms with Crippen LogP contribution >= 0.6 is 0 Å². The first-order valence-corrected chi connectivity index (χ1v) is 10.6. The lowest BCUT2D eigenvalue weighted by Crippen LogP contribution is -2.43. The van der Waals surface area contributed by atoms with E-state index in [0.29, 0.717) is 6.61 Å². The standard InChI is InChI=1S/C23H31N3O2/c1-3-27-21-15-18-20(25-19-10-5-4-9-17(19)23(18)24-2)16-22(21)28-14-8-13-26-11-6-7-12-26/h4-5,9-10,15-16,21-22,24H,3,6-8,11-14H2,1-2H3. The highest BCUT2D eigenvalue weighted by Crippen LogP contribution is 2.19. The van der Waals surface area contributed by atoms with Gasteiger partial charge in [-0.1, -0.05) is 18.2 Å². The highest BCUT2D eigenvalue weighted by atomic mass is 16.5. The number of nitrogens with one attached hydrogen (secondary N) is 1. The molecule has 2 heterocycles. The van der Waals surface area contributed by atoms with Crippen LogP contribution in [0.15, 0.2) is 24.3 Å². The molecule has 150 valence electrons. The first kappa shape index (κ1) is 19.4. The summed E-state index contributed by atoms with van der Waals surface area (Å²) in [4.78, 5) is 7.42. The quantitative estimate of drug-likeness (QED) is 0.710. The third-order valence-electron chi connectivity index (χ3n) is 5.67. The lowest BCUT2D eigenvalue weighted by Gasteiger charge is -2.26. The number of benzene rings is 1. The van der Waals surface area contributed by atoms with E-state index in [4.69, 9.17) is 14.5 Å². The van der Waals surface area contributed by atoms with Crippen LogP contribution in [0.25, 0.3) is 23.1 Å². The number of fused-ring (bicyclic) bond motifs is 2. The number of pyridine rings is 1. The Hall–Kier alpha value is -1.95. The highest BCUT2D eigenvalue weighted by molar-refractivity contribution is 5.91. The molecule has 0 saturated carbocycles. The van der Waals surface area contributed by atoms with Gasteiger partial charge < -0.3 is 19.7 Å². The summed E-state index contributed by atoms with van der Waals surface area (Å²) in [7, 11) is 1.96. The van der Waals surface area contributed by atoms with Crippen LogP contribution in [-0.4, -0.2) is 62.0 Å². The second-order valence-corrected chi connectivity index (χ2v) is 7.54. The van der Waals surface area contributed by atoms with Crippen LogP contribution < -0.4 is 15.9 Å². The SMILES string of the molecule is CCOC1C=c2c(NC)c3ccccc3nc2=CC1OCCCN1CCCC1. The number of anilines is 1. The number of para-hydroxylation sites is 1. The summed E-state index contributed by atoms with van der Waals surface area (Å²) in [5, 5.41) is 6.58. The second-order valence-electron chi connectivity index (χ2n) is 7.54. The van der Waals surface area contributed by atoms with Crippen LogP contribution in [0.3, 0.4) is 0 Å². The van der Waals surface area contributed by atoms with Crippen molar-refractivity contribution < 1.29 is 9.47 Å². The molecule has 0 amide bonds. The van der Waals surface area contributed by atoms with Crippen LogP contribution in [0.4, 0.5) is 5.69 Å². The van der Waals surface area contributed by atoms with E-state index in [-0.39, 0.29) is 12.2 Å². The Morgan fingerprint density at radius 2 is 1.89 bits per heavy atom. The van der Waals surface area contributed by atoms with Gasteiger partial charge in [-0.15, -0.1) is 0 Å². The number of likely N-dealkylation sites (tertiary alicyclic amines) is 1. The van der Waals surface area contributed by atoms with Crippen molar-refractivity contribution in [3.05, 3.63) is 34.8 Å². The number of ether oxygens (including phenoxy) is 2. The molecule has 1 aromatic heterocycles. The van der Waals surface area contributed by atoms with Crippen molar-refractivity contribution >= 4 is 28.7 Å². The minimum Gasteiger partial charge on any atom is -0.387 e. The van der Waals surface area contributed by atoms with E-state index in [1.165, 1.54) is 25.9 Å². The van der Waals surface area contributed by atoms with Gasteiger partial charge in [-0.25, -0.2) is 4.98 Å². The van der Waals surface area contributed by atoms with Crippen molar-refractivity contribution in [3.63, 3.8) is 0 Å². The van der Waals surface area contributed by atoms with Crippen molar-refractivity contribution in [1.29, 1.82) is 0 Å². The third kappa shape index (κ3) is 4.07. The van der Waals surface area contributed by atoms with Gasteiger partial charge in [0.25, 0.3) is 0 Å². The zero-order valence-electron chi connectivity index (χ0n) is 17.0. The molecule has 4 rings (SSSR count). The first-order valence-electron chi connectivity index (χ1n) is 10.6. The Bertz CT molecular complexity index is 921. The third-order valence-corrected chi connectivity index (χ3v) is 5.67. The molecule has 2 aromatic rings. The van der Waals surface area contributed by atoms with E-state index in [1.54, 1.807) is 0 Å². The van der Waals surface area contributed by atoms with Gasteiger partial charge in [-0.2, -0.15) is 0 Å². The Morgan fingerprint density at radius 1 is 1.11 bits per heavy atom. The molecule has 5 heteroatoms. The first-order chi connectivity index (χ1) is 13.8. The number of nitrogens with zero attached hydrogens (tertiary/aromatic N) is 2. The van der Waals surface area contributed by atoms with Gasteiger partial charge in [0.05, 0.1) is 16.6 Å². The van der Waals surface area contributed by atoms with Crippen molar-refractivity contribution in [2.24, 2.45) is 0 Å². The van der Waals surface area contributed by atoms with E-state index in [9.17, 15) is 0 Å².